The molecule has 1 aromatic rings. The van der Waals surface area contributed by atoms with E-state index in [1.54, 1.807) is 11.3 Å². The molecule has 17 heavy (non-hydrogen) atoms. The van der Waals surface area contributed by atoms with Crippen molar-refractivity contribution in [3.05, 3.63) is 16.3 Å². The van der Waals surface area contributed by atoms with Crippen molar-refractivity contribution < 1.29 is 4.21 Å². The molecule has 0 saturated carbocycles. The van der Waals surface area contributed by atoms with Gasteiger partial charge in [0, 0.05) is 4.88 Å². The Morgan fingerprint density at radius 3 is 2.29 bits per heavy atom. The highest BCUT2D eigenvalue weighted by atomic mass is 32.2. The first-order valence-electron chi connectivity index (χ1n) is 5.57. The minimum absolute atomic E-state index is 0.0545. The minimum atomic E-state index is -2.74. The van der Waals surface area contributed by atoms with Gasteiger partial charge in [0.05, 0.1) is 4.90 Å². The zero-order chi connectivity index (χ0) is 13.5. The maximum atomic E-state index is 12.6. The van der Waals surface area contributed by atoms with Crippen molar-refractivity contribution in [2.75, 3.05) is 0 Å². The summed E-state index contributed by atoms with van der Waals surface area (Å²) in [7, 11) is -4.73. The van der Waals surface area contributed by atoms with Crippen molar-refractivity contribution >= 4 is 29.5 Å². The lowest BCUT2D eigenvalue weighted by Gasteiger charge is -2.32. The predicted molar refractivity (Wildman–Crippen MR) is 79.3 cm³/mol. The third-order valence-electron chi connectivity index (χ3n) is 3.33. The van der Waals surface area contributed by atoms with Gasteiger partial charge in [-0.2, -0.15) is 0 Å². The van der Waals surface area contributed by atoms with E-state index in [9.17, 15) is 4.21 Å². The molecule has 0 amide bonds. The first kappa shape index (κ1) is 14.9. The topological polar surface area (TPSA) is 55.5 Å². The summed E-state index contributed by atoms with van der Waals surface area (Å²) in [5.41, 5.74) is 0. The normalized spacial score (nSPS) is 16.6. The smallest absolute Gasteiger partial charge is 0.195 e. The number of hydrogen-bond donors (Lipinski definition) is 1. The van der Waals surface area contributed by atoms with Crippen LogP contribution >= 0.6 is 11.3 Å². The van der Waals surface area contributed by atoms with Crippen molar-refractivity contribution in [3.8, 4) is 0 Å². The zero-order valence-corrected chi connectivity index (χ0v) is 14.0. The lowest BCUT2D eigenvalue weighted by Crippen LogP contribution is -2.37. The number of thiophene rings is 1. The largest absolute Gasteiger partial charge is 0.261 e. The summed E-state index contributed by atoms with van der Waals surface area (Å²) in [5.74, 6) is 0. The van der Waals surface area contributed by atoms with E-state index in [4.69, 9.17) is 5.14 Å². The predicted octanol–water partition coefficient (Wildman–Crippen LogP) is 3.76. The Balaban J connectivity index is 3.34. The van der Waals surface area contributed by atoms with Gasteiger partial charge < -0.3 is 0 Å². The van der Waals surface area contributed by atoms with E-state index < -0.39 is 18.2 Å². The molecule has 1 heterocycles. The molecule has 6 heteroatoms. The minimum Gasteiger partial charge on any atom is -0.261 e. The van der Waals surface area contributed by atoms with Crippen molar-refractivity contribution in [3.63, 3.8) is 0 Å². The van der Waals surface area contributed by atoms with Crippen molar-refractivity contribution in [1.29, 1.82) is 0 Å². The zero-order valence-electron chi connectivity index (χ0n) is 11.4. The third-order valence-corrected chi connectivity index (χ3v) is 12.0. The molecule has 0 spiro atoms. The van der Waals surface area contributed by atoms with Crippen LogP contribution in [0.1, 0.15) is 25.6 Å². The van der Waals surface area contributed by atoms with E-state index in [1.165, 1.54) is 0 Å². The first-order chi connectivity index (χ1) is 7.47. The van der Waals surface area contributed by atoms with Crippen LogP contribution in [0.2, 0.25) is 18.1 Å². The number of nitrogens with zero attached hydrogens (tertiary/aromatic N) is 1. The molecule has 0 aromatic carbocycles. The number of rotatable bonds is 2. The maximum Gasteiger partial charge on any atom is 0.195 e. The Bertz CT molecular complexity index is 520. The molecule has 0 radical (unpaired) electrons. The van der Waals surface area contributed by atoms with E-state index in [-0.39, 0.29) is 5.04 Å². The van der Waals surface area contributed by atoms with E-state index >= 15 is 0 Å². The van der Waals surface area contributed by atoms with Gasteiger partial charge in [-0.15, -0.1) is 11.3 Å². The Labute approximate surface area is 110 Å². The molecule has 0 aliphatic carbocycles. The van der Waals surface area contributed by atoms with E-state index in [0.29, 0.717) is 4.90 Å². The van der Waals surface area contributed by atoms with Crippen LogP contribution in [-0.4, -0.2) is 12.4 Å². The van der Waals surface area contributed by atoms with Crippen LogP contribution in [0.4, 0.5) is 0 Å². The number of hydrogen-bond acceptors (Lipinski definition) is 3. The summed E-state index contributed by atoms with van der Waals surface area (Å²) >= 11 is 1.56. The molecule has 1 atom stereocenters. The molecule has 0 saturated heterocycles. The van der Waals surface area contributed by atoms with Gasteiger partial charge in [-0.1, -0.05) is 20.8 Å². The Kier molecular flexibility index (Phi) is 3.93. The van der Waals surface area contributed by atoms with Gasteiger partial charge in [0.2, 0.25) is 0 Å². The second-order valence-corrected chi connectivity index (χ2v) is 13.9. The van der Waals surface area contributed by atoms with Crippen LogP contribution in [0.25, 0.3) is 0 Å². The molecular formula is C11H22N2OS2Si. The molecule has 0 aliphatic rings. The molecule has 0 bridgehead atoms. The summed E-state index contributed by atoms with van der Waals surface area (Å²) in [6.07, 6.45) is 0. The first-order valence-corrected chi connectivity index (χ1v) is 11.0. The van der Waals surface area contributed by atoms with Gasteiger partial charge in [0.25, 0.3) is 0 Å². The van der Waals surface area contributed by atoms with Gasteiger partial charge in [-0.05, 0) is 36.5 Å². The molecule has 2 N–H and O–H groups in total. The van der Waals surface area contributed by atoms with Gasteiger partial charge in [0.1, 0.15) is 9.92 Å². The van der Waals surface area contributed by atoms with Gasteiger partial charge in [0.15, 0.2) is 8.24 Å². The van der Waals surface area contributed by atoms with Gasteiger partial charge in [-0.25, -0.2) is 9.35 Å². The highest BCUT2D eigenvalue weighted by molar-refractivity contribution is 7.92. The second-order valence-electron chi connectivity index (χ2n) is 5.81. The second kappa shape index (κ2) is 4.49. The lowest BCUT2D eigenvalue weighted by molar-refractivity contribution is 0.675. The lowest BCUT2D eigenvalue weighted by atomic mass is 10.2. The standard InChI is InChI=1S/C11H22N2OS2Si/c1-9-10(7-8-15-9)16(12,14)13-17(5,6)11(2,3)4/h7-8H,1-6H3,(H2,12,13,14). The van der Waals surface area contributed by atoms with Crippen LogP contribution in [0.3, 0.4) is 0 Å². The summed E-state index contributed by atoms with van der Waals surface area (Å²) in [4.78, 5) is 1.70. The molecule has 0 aliphatic heterocycles. The molecule has 1 aromatic heterocycles. The van der Waals surface area contributed by atoms with Crippen LogP contribution in [-0.2, 0) is 9.92 Å². The average molecular weight is 291 g/mol. The Morgan fingerprint density at radius 2 is 1.94 bits per heavy atom. The summed E-state index contributed by atoms with van der Waals surface area (Å²) in [6, 6.07) is 1.83. The number of aryl methyl sites for hydroxylation is 1. The fourth-order valence-electron chi connectivity index (χ4n) is 1.20. The molecule has 0 fully saturated rings. The molecule has 98 valence electrons. The Morgan fingerprint density at radius 1 is 1.41 bits per heavy atom. The average Bonchev–Trinajstić information content (AvgIpc) is 2.47. The summed E-state index contributed by atoms with van der Waals surface area (Å²) in [5, 5.41) is 7.94. The SMILES string of the molecule is Cc1sccc1S(N)(=O)=N[Si](C)(C)C(C)(C)C. The molecule has 3 nitrogen and oxygen atoms in total. The van der Waals surface area contributed by atoms with E-state index in [0.717, 1.165) is 4.88 Å². The van der Waals surface area contributed by atoms with Crippen LogP contribution in [0.15, 0.2) is 20.4 Å². The highest BCUT2D eigenvalue weighted by Crippen LogP contribution is 2.38. The van der Waals surface area contributed by atoms with Crippen molar-refractivity contribution in [2.24, 2.45) is 9.17 Å². The van der Waals surface area contributed by atoms with E-state index in [2.05, 4.69) is 37.9 Å². The molecule has 1 rings (SSSR count). The fraction of sp³-hybridized carbons (Fsp3) is 0.636. The van der Waals surface area contributed by atoms with Crippen LogP contribution < -0.4 is 5.14 Å². The maximum absolute atomic E-state index is 12.6. The fourth-order valence-corrected chi connectivity index (χ4v) is 7.26. The molecular weight excluding hydrogens is 268 g/mol. The summed E-state index contributed by atoms with van der Waals surface area (Å²) in [6.45, 7) is 12.6. The molecule has 1 unspecified atom stereocenters. The van der Waals surface area contributed by atoms with Crippen molar-refractivity contribution in [1.82, 2.24) is 0 Å². The Hall–Kier alpha value is -0.173. The van der Waals surface area contributed by atoms with Gasteiger partial charge >= 0.3 is 0 Å². The quantitative estimate of drug-likeness (QED) is 0.828. The van der Waals surface area contributed by atoms with Crippen LogP contribution in [0, 0.1) is 6.92 Å². The van der Waals surface area contributed by atoms with Gasteiger partial charge in [-0.3, -0.25) is 4.03 Å². The monoisotopic (exact) mass is 290 g/mol. The number of nitrogens with two attached hydrogens (primary N) is 1. The van der Waals surface area contributed by atoms with Crippen LogP contribution in [0.5, 0.6) is 0 Å². The summed E-state index contributed by atoms with van der Waals surface area (Å²) < 4.78 is 17.2. The van der Waals surface area contributed by atoms with E-state index in [1.807, 2.05) is 18.4 Å². The van der Waals surface area contributed by atoms with Crippen molar-refractivity contribution in [2.45, 2.75) is 50.7 Å². The highest BCUT2D eigenvalue weighted by Gasteiger charge is 2.37. The third kappa shape index (κ3) is 3.18.